The van der Waals surface area contributed by atoms with Crippen LogP contribution in [0.5, 0.6) is 0 Å². The minimum atomic E-state index is -0.117. The Labute approximate surface area is 142 Å². The molecule has 0 bridgehead atoms. The van der Waals surface area contributed by atoms with Crippen LogP contribution in [0.15, 0.2) is 0 Å². The highest BCUT2D eigenvalue weighted by atomic mass is 16.5. The topological polar surface area (TPSA) is 52.6 Å². The van der Waals surface area contributed by atoms with E-state index in [9.17, 15) is 9.59 Å². The van der Waals surface area contributed by atoms with Crippen molar-refractivity contribution >= 4 is 11.9 Å². The molecule has 0 fully saturated rings. The van der Waals surface area contributed by atoms with Gasteiger partial charge < -0.3 is 9.47 Å². The normalized spacial score (nSPS) is 11.0. The second-order valence-electron chi connectivity index (χ2n) is 6.29. The molecule has 0 aromatic heterocycles. The van der Waals surface area contributed by atoms with Crippen molar-refractivity contribution in [3.05, 3.63) is 0 Å². The number of rotatable bonds is 14. The summed E-state index contributed by atoms with van der Waals surface area (Å²) in [6, 6.07) is 0. The number of hydrogen-bond donors (Lipinski definition) is 0. The number of ether oxygens (including phenoxy) is 2. The fourth-order valence-corrected chi connectivity index (χ4v) is 2.33. The van der Waals surface area contributed by atoms with Crippen molar-refractivity contribution in [2.75, 3.05) is 13.2 Å². The smallest absolute Gasteiger partial charge is 0.305 e. The Kier molecular flexibility index (Phi) is 13.9. The quantitative estimate of drug-likeness (QED) is 0.336. The van der Waals surface area contributed by atoms with Crippen molar-refractivity contribution in [3.63, 3.8) is 0 Å². The molecule has 0 heterocycles. The molecule has 0 saturated carbocycles. The third kappa shape index (κ3) is 12.1. The molecule has 0 spiro atoms. The minimum absolute atomic E-state index is 0.117. The number of esters is 2. The third-order valence-electron chi connectivity index (χ3n) is 4.53. The molecule has 0 radical (unpaired) electrons. The molecular weight excluding hydrogens is 292 g/mol. The predicted molar refractivity (Wildman–Crippen MR) is 93.1 cm³/mol. The standard InChI is InChI=1S/C19H36O4/c1-5-16(6-2)14-22-18(20)12-10-9-11-13-19(21)23-15-17(7-3)8-4/h16-17H,5-15H2,1-4H3. The highest BCUT2D eigenvalue weighted by Gasteiger charge is 2.10. The number of carbonyl (C=O) groups excluding carboxylic acids is 2. The van der Waals surface area contributed by atoms with E-state index in [0.29, 0.717) is 37.9 Å². The Bertz CT molecular complexity index is 276. The second-order valence-corrected chi connectivity index (χ2v) is 6.29. The van der Waals surface area contributed by atoms with Gasteiger partial charge in [-0.3, -0.25) is 9.59 Å². The molecule has 0 aliphatic carbocycles. The van der Waals surface area contributed by atoms with Crippen LogP contribution in [0.3, 0.4) is 0 Å². The average Bonchev–Trinajstić information content (AvgIpc) is 2.56. The fourth-order valence-electron chi connectivity index (χ4n) is 2.33. The molecular formula is C19H36O4. The zero-order valence-corrected chi connectivity index (χ0v) is 15.6. The van der Waals surface area contributed by atoms with Gasteiger partial charge in [-0.25, -0.2) is 0 Å². The molecule has 0 atom stereocenters. The van der Waals surface area contributed by atoms with Crippen LogP contribution < -0.4 is 0 Å². The molecule has 0 aromatic rings. The first-order valence-electron chi connectivity index (χ1n) is 9.38. The van der Waals surface area contributed by atoms with Crippen LogP contribution in [-0.4, -0.2) is 25.2 Å². The van der Waals surface area contributed by atoms with E-state index in [0.717, 1.165) is 44.9 Å². The summed E-state index contributed by atoms with van der Waals surface area (Å²) in [5.74, 6) is 0.717. The lowest BCUT2D eigenvalue weighted by atomic mass is 10.1. The van der Waals surface area contributed by atoms with Gasteiger partial charge in [0.25, 0.3) is 0 Å². The van der Waals surface area contributed by atoms with Gasteiger partial charge in [-0.2, -0.15) is 0 Å². The Balaban J connectivity index is 3.57. The van der Waals surface area contributed by atoms with Crippen LogP contribution in [0.1, 0.15) is 85.5 Å². The van der Waals surface area contributed by atoms with Gasteiger partial charge in [0.15, 0.2) is 0 Å². The maximum Gasteiger partial charge on any atom is 0.305 e. The Hall–Kier alpha value is -1.06. The van der Waals surface area contributed by atoms with Gasteiger partial charge in [0.2, 0.25) is 0 Å². The first-order chi connectivity index (χ1) is 11.1. The van der Waals surface area contributed by atoms with E-state index in [2.05, 4.69) is 27.7 Å². The van der Waals surface area contributed by atoms with Crippen molar-refractivity contribution in [1.82, 2.24) is 0 Å². The highest BCUT2D eigenvalue weighted by molar-refractivity contribution is 5.69. The molecule has 23 heavy (non-hydrogen) atoms. The van der Waals surface area contributed by atoms with E-state index in [-0.39, 0.29) is 11.9 Å². The molecule has 0 amide bonds. The van der Waals surface area contributed by atoms with Gasteiger partial charge in [0.05, 0.1) is 13.2 Å². The first-order valence-corrected chi connectivity index (χ1v) is 9.38. The average molecular weight is 328 g/mol. The van der Waals surface area contributed by atoms with Crippen molar-refractivity contribution < 1.29 is 19.1 Å². The van der Waals surface area contributed by atoms with Gasteiger partial charge in [-0.15, -0.1) is 0 Å². The van der Waals surface area contributed by atoms with E-state index < -0.39 is 0 Å². The zero-order valence-electron chi connectivity index (χ0n) is 15.6. The number of unbranched alkanes of at least 4 members (excludes halogenated alkanes) is 2. The van der Waals surface area contributed by atoms with Crippen LogP contribution in [0.4, 0.5) is 0 Å². The monoisotopic (exact) mass is 328 g/mol. The van der Waals surface area contributed by atoms with E-state index >= 15 is 0 Å². The van der Waals surface area contributed by atoms with E-state index in [1.54, 1.807) is 0 Å². The molecule has 0 N–H and O–H groups in total. The maximum atomic E-state index is 11.6. The van der Waals surface area contributed by atoms with Crippen LogP contribution >= 0.6 is 0 Å². The lowest BCUT2D eigenvalue weighted by molar-refractivity contribution is -0.145. The summed E-state index contributed by atoms with van der Waals surface area (Å²) in [7, 11) is 0. The van der Waals surface area contributed by atoms with E-state index in [1.807, 2.05) is 0 Å². The van der Waals surface area contributed by atoms with Crippen molar-refractivity contribution in [1.29, 1.82) is 0 Å². The van der Waals surface area contributed by atoms with Crippen molar-refractivity contribution in [2.45, 2.75) is 85.5 Å². The van der Waals surface area contributed by atoms with E-state index in [1.165, 1.54) is 0 Å². The molecule has 0 saturated heterocycles. The second kappa shape index (κ2) is 14.5. The van der Waals surface area contributed by atoms with Gasteiger partial charge in [0, 0.05) is 12.8 Å². The van der Waals surface area contributed by atoms with Gasteiger partial charge in [-0.1, -0.05) is 59.8 Å². The molecule has 0 rings (SSSR count). The molecule has 0 aliphatic heterocycles. The molecule has 4 heteroatoms. The maximum absolute atomic E-state index is 11.6. The summed E-state index contributed by atoms with van der Waals surface area (Å²) in [5, 5.41) is 0. The lowest BCUT2D eigenvalue weighted by Gasteiger charge is -2.13. The highest BCUT2D eigenvalue weighted by Crippen LogP contribution is 2.11. The lowest BCUT2D eigenvalue weighted by Crippen LogP contribution is -2.13. The molecule has 0 aromatic carbocycles. The summed E-state index contributed by atoms with van der Waals surface area (Å²) < 4.78 is 10.5. The Morgan fingerprint density at radius 3 is 1.30 bits per heavy atom. The van der Waals surface area contributed by atoms with Gasteiger partial charge >= 0.3 is 11.9 Å². The Morgan fingerprint density at radius 2 is 1.00 bits per heavy atom. The minimum Gasteiger partial charge on any atom is -0.465 e. The summed E-state index contributed by atoms with van der Waals surface area (Å²) >= 11 is 0. The predicted octanol–water partition coefficient (Wildman–Crippen LogP) is 4.90. The van der Waals surface area contributed by atoms with Gasteiger partial charge in [-0.05, 0) is 24.7 Å². The van der Waals surface area contributed by atoms with Gasteiger partial charge in [0.1, 0.15) is 0 Å². The molecule has 136 valence electrons. The molecule has 4 nitrogen and oxygen atoms in total. The molecule has 0 unspecified atom stereocenters. The van der Waals surface area contributed by atoms with Crippen LogP contribution in [0, 0.1) is 11.8 Å². The zero-order chi connectivity index (χ0) is 17.5. The number of carbonyl (C=O) groups is 2. The van der Waals surface area contributed by atoms with E-state index in [4.69, 9.17) is 9.47 Å². The van der Waals surface area contributed by atoms with Crippen LogP contribution in [0.2, 0.25) is 0 Å². The Morgan fingerprint density at radius 1 is 0.652 bits per heavy atom. The fraction of sp³-hybridized carbons (Fsp3) is 0.895. The third-order valence-corrected chi connectivity index (χ3v) is 4.53. The summed E-state index contributed by atoms with van der Waals surface area (Å²) in [6.07, 6.45) is 7.49. The summed E-state index contributed by atoms with van der Waals surface area (Å²) in [5.41, 5.74) is 0. The SMILES string of the molecule is CCC(CC)COC(=O)CCCCCC(=O)OCC(CC)CC. The van der Waals surface area contributed by atoms with Crippen molar-refractivity contribution in [2.24, 2.45) is 11.8 Å². The largest absolute Gasteiger partial charge is 0.465 e. The molecule has 0 aliphatic rings. The first kappa shape index (κ1) is 21.9. The number of hydrogen-bond acceptors (Lipinski definition) is 4. The summed E-state index contributed by atoms with van der Waals surface area (Å²) in [6.45, 7) is 9.53. The van der Waals surface area contributed by atoms with Crippen LogP contribution in [-0.2, 0) is 19.1 Å². The van der Waals surface area contributed by atoms with Crippen molar-refractivity contribution in [3.8, 4) is 0 Å². The summed E-state index contributed by atoms with van der Waals surface area (Å²) in [4.78, 5) is 23.2. The van der Waals surface area contributed by atoms with Crippen LogP contribution in [0.25, 0.3) is 0 Å².